The number of piperazine rings is 1. The second-order valence-electron chi connectivity index (χ2n) is 5.67. The molecule has 1 aromatic carbocycles. The predicted molar refractivity (Wildman–Crippen MR) is 85.1 cm³/mol. The second kappa shape index (κ2) is 5.53. The van der Waals surface area contributed by atoms with Crippen LogP contribution in [0.1, 0.15) is 5.56 Å². The van der Waals surface area contributed by atoms with Crippen LogP contribution in [0.25, 0.3) is 11.0 Å². The van der Waals surface area contributed by atoms with E-state index in [0.717, 1.165) is 31.7 Å². The van der Waals surface area contributed by atoms with E-state index in [9.17, 15) is 9.90 Å². The minimum Gasteiger partial charge on any atom is -0.507 e. The molecule has 1 aromatic heterocycles. The van der Waals surface area contributed by atoms with Crippen molar-refractivity contribution in [2.24, 2.45) is 0 Å². The van der Waals surface area contributed by atoms with Crippen molar-refractivity contribution < 1.29 is 14.3 Å². The van der Waals surface area contributed by atoms with Gasteiger partial charge in [0.25, 0.3) is 0 Å². The SMILES string of the molecule is COc1cc(O)c2c(C)c(N3CCN(C)CC3)c(=O)oc2c1. The number of nitrogens with zero attached hydrogens (tertiary/aromatic N) is 2. The first kappa shape index (κ1) is 14.7. The summed E-state index contributed by atoms with van der Waals surface area (Å²) in [5, 5.41) is 10.8. The molecular weight excluding hydrogens is 284 g/mol. The van der Waals surface area contributed by atoms with Crippen LogP contribution in [-0.2, 0) is 0 Å². The molecule has 1 aliphatic rings. The van der Waals surface area contributed by atoms with E-state index in [1.807, 2.05) is 11.8 Å². The van der Waals surface area contributed by atoms with Crippen LogP contribution in [0.4, 0.5) is 5.69 Å². The molecule has 2 heterocycles. The van der Waals surface area contributed by atoms with Crippen molar-refractivity contribution in [3.05, 3.63) is 28.1 Å². The van der Waals surface area contributed by atoms with Gasteiger partial charge in [-0.1, -0.05) is 0 Å². The van der Waals surface area contributed by atoms with Gasteiger partial charge in [-0.15, -0.1) is 0 Å². The van der Waals surface area contributed by atoms with Crippen LogP contribution in [0.3, 0.4) is 0 Å². The Morgan fingerprint density at radius 1 is 1.23 bits per heavy atom. The van der Waals surface area contributed by atoms with E-state index < -0.39 is 0 Å². The van der Waals surface area contributed by atoms with Crippen molar-refractivity contribution >= 4 is 16.7 Å². The molecule has 0 atom stereocenters. The van der Waals surface area contributed by atoms with Gasteiger partial charge in [-0.25, -0.2) is 4.79 Å². The Morgan fingerprint density at radius 3 is 2.55 bits per heavy atom. The van der Waals surface area contributed by atoms with Crippen LogP contribution in [0.5, 0.6) is 11.5 Å². The maximum atomic E-state index is 12.4. The first-order valence-electron chi connectivity index (χ1n) is 7.29. The highest BCUT2D eigenvalue weighted by atomic mass is 16.5. The van der Waals surface area contributed by atoms with Gasteiger partial charge in [0.1, 0.15) is 22.8 Å². The molecule has 0 aliphatic carbocycles. The van der Waals surface area contributed by atoms with Gasteiger partial charge in [0.15, 0.2) is 0 Å². The molecule has 6 nitrogen and oxygen atoms in total. The molecule has 0 spiro atoms. The molecule has 22 heavy (non-hydrogen) atoms. The van der Waals surface area contributed by atoms with Crippen molar-refractivity contribution in [1.82, 2.24) is 4.90 Å². The van der Waals surface area contributed by atoms with Gasteiger partial charge >= 0.3 is 5.63 Å². The summed E-state index contributed by atoms with van der Waals surface area (Å²) in [6.45, 7) is 5.17. The average molecular weight is 304 g/mol. The third kappa shape index (κ3) is 2.39. The van der Waals surface area contributed by atoms with Gasteiger partial charge in [0.2, 0.25) is 0 Å². The Bertz CT molecular complexity index is 761. The normalized spacial score (nSPS) is 16.2. The van der Waals surface area contributed by atoms with Crippen molar-refractivity contribution in [3.63, 3.8) is 0 Å². The quantitative estimate of drug-likeness (QED) is 0.850. The number of hydrogen-bond donors (Lipinski definition) is 1. The number of likely N-dealkylation sites (N-methyl/N-ethyl adjacent to an activating group) is 1. The van der Waals surface area contributed by atoms with Gasteiger partial charge in [0.05, 0.1) is 12.5 Å². The number of aromatic hydroxyl groups is 1. The lowest BCUT2D eigenvalue weighted by atomic mass is 10.1. The first-order valence-corrected chi connectivity index (χ1v) is 7.29. The van der Waals surface area contributed by atoms with Crippen molar-refractivity contribution in [3.8, 4) is 11.5 Å². The molecule has 2 aromatic rings. The number of phenolic OH excluding ortho intramolecular Hbond substituents is 1. The Hall–Kier alpha value is -2.21. The molecule has 6 heteroatoms. The van der Waals surface area contributed by atoms with Gasteiger partial charge in [-0.3, -0.25) is 0 Å². The number of rotatable bonds is 2. The van der Waals surface area contributed by atoms with Crippen LogP contribution >= 0.6 is 0 Å². The van der Waals surface area contributed by atoms with Crippen LogP contribution in [0.2, 0.25) is 0 Å². The highest BCUT2D eigenvalue weighted by molar-refractivity contribution is 5.91. The van der Waals surface area contributed by atoms with Gasteiger partial charge in [-0.05, 0) is 19.5 Å². The summed E-state index contributed by atoms with van der Waals surface area (Å²) in [5.41, 5.74) is 1.26. The Labute approximate surface area is 128 Å². The predicted octanol–water partition coefficient (Wildman–Crippen LogP) is 1.57. The summed E-state index contributed by atoms with van der Waals surface area (Å²) >= 11 is 0. The first-order chi connectivity index (χ1) is 10.5. The van der Waals surface area contributed by atoms with Crippen LogP contribution < -0.4 is 15.3 Å². The van der Waals surface area contributed by atoms with E-state index in [-0.39, 0.29) is 11.4 Å². The molecule has 0 bridgehead atoms. The standard InChI is InChI=1S/C16H20N2O4/c1-10-14-12(19)8-11(21-3)9-13(14)22-16(20)15(10)18-6-4-17(2)5-7-18/h8-9,19H,4-7H2,1-3H3. The largest absolute Gasteiger partial charge is 0.507 e. The monoisotopic (exact) mass is 304 g/mol. The summed E-state index contributed by atoms with van der Waals surface area (Å²) in [7, 11) is 3.56. The zero-order valence-electron chi connectivity index (χ0n) is 13.0. The Kier molecular flexibility index (Phi) is 3.70. The smallest absolute Gasteiger partial charge is 0.360 e. The van der Waals surface area contributed by atoms with Crippen molar-refractivity contribution in [1.29, 1.82) is 0 Å². The number of phenols is 1. The number of anilines is 1. The lowest BCUT2D eigenvalue weighted by Gasteiger charge is -2.34. The minimum atomic E-state index is -0.373. The summed E-state index contributed by atoms with van der Waals surface area (Å²) < 4.78 is 10.5. The number of hydrogen-bond acceptors (Lipinski definition) is 6. The zero-order valence-corrected chi connectivity index (χ0v) is 13.0. The fourth-order valence-electron chi connectivity index (χ4n) is 2.97. The number of benzene rings is 1. The van der Waals surface area contributed by atoms with Crippen LogP contribution in [0.15, 0.2) is 21.3 Å². The third-order valence-electron chi connectivity index (χ3n) is 4.24. The number of aryl methyl sites for hydroxylation is 1. The van der Waals surface area contributed by atoms with Gasteiger partial charge < -0.3 is 24.1 Å². The second-order valence-corrected chi connectivity index (χ2v) is 5.67. The van der Waals surface area contributed by atoms with Gasteiger partial charge in [0, 0.05) is 38.3 Å². The molecule has 0 amide bonds. The van der Waals surface area contributed by atoms with E-state index in [4.69, 9.17) is 9.15 Å². The molecule has 0 unspecified atom stereocenters. The van der Waals surface area contributed by atoms with E-state index >= 15 is 0 Å². The molecular formula is C16H20N2O4. The maximum absolute atomic E-state index is 12.4. The molecule has 3 rings (SSSR count). The molecule has 1 fully saturated rings. The summed E-state index contributed by atoms with van der Waals surface area (Å²) in [6.07, 6.45) is 0. The van der Waals surface area contributed by atoms with E-state index in [1.54, 1.807) is 6.07 Å². The van der Waals surface area contributed by atoms with Crippen molar-refractivity contribution in [2.45, 2.75) is 6.92 Å². The molecule has 1 saturated heterocycles. The minimum absolute atomic E-state index is 0.0611. The molecule has 1 aliphatic heterocycles. The molecule has 0 saturated carbocycles. The van der Waals surface area contributed by atoms with Crippen LogP contribution in [-0.4, -0.2) is 50.3 Å². The zero-order chi connectivity index (χ0) is 15.9. The third-order valence-corrected chi connectivity index (χ3v) is 4.24. The summed E-state index contributed by atoms with van der Waals surface area (Å²) in [5.74, 6) is 0.519. The highest BCUT2D eigenvalue weighted by Gasteiger charge is 2.23. The van der Waals surface area contributed by atoms with E-state index in [1.165, 1.54) is 13.2 Å². The van der Waals surface area contributed by atoms with Gasteiger partial charge in [-0.2, -0.15) is 0 Å². The molecule has 118 valence electrons. The molecule has 1 N–H and O–H groups in total. The summed E-state index contributed by atoms with van der Waals surface area (Å²) in [4.78, 5) is 16.7. The maximum Gasteiger partial charge on any atom is 0.360 e. The summed E-state index contributed by atoms with van der Waals surface area (Å²) in [6, 6.07) is 3.15. The Morgan fingerprint density at radius 2 is 1.91 bits per heavy atom. The number of ether oxygens (including phenoxy) is 1. The number of methoxy groups -OCH3 is 1. The topological polar surface area (TPSA) is 66.2 Å². The lowest BCUT2D eigenvalue weighted by Crippen LogP contribution is -2.46. The highest BCUT2D eigenvalue weighted by Crippen LogP contribution is 2.35. The molecule has 0 radical (unpaired) electrons. The fourth-order valence-corrected chi connectivity index (χ4v) is 2.97. The average Bonchev–Trinajstić information content (AvgIpc) is 2.48. The van der Waals surface area contributed by atoms with E-state index in [0.29, 0.717) is 22.4 Å². The Balaban J connectivity index is 2.16. The lowest BCUT2D eigenvalue weighted by molar-refractivity contribution is 0.311. The fraction of sp³-hybridized carbons (Fsp3) is 0.438. The van der Waals surface area contributed by atoms with Crippen molar-refractivity contribution in [2.75, 3.05) is 45.2 Å². The number of fused-ring (bicyclic) bond motifs is 1. The van der Waals surface area contributed by atoms with Crippen LogP contribution in [0, 0.1) is 6.92 Å². The van der Waals surface area contributed by atoms with E-state index in [2.05, 4.69) is 11.9 Å².